The summed E-state index contributed by atoms with van der Waals surface area (Å²) in [5, 5.41) is 14.7. The van der Waals surface area contributed by atoms with Gasteiger partial charge in [0, 0.05) is 12.3 Å². The molecule has 0 radical (unpaired) electrons. The second-order valence-electron chi connectivity index (χ2n) is 8.35. The standard InChI is InChI=1S/C20H37N5O5S/c1-12(2)10-15(24-17(26)13(22)11-31)19(28)25-9-5-7-16(25)18(27)23-14(20(29)30)6-3-4-8-21/h12-16,31H,3-11,21-22H2,1-2H3,(H,23,27)(H,24,26)(H,29,30). The third kappa shape index (κ3) is 8.66. The second-order valence-corrected chi connectivity index (χ2v) is 8.72. The zero-order valence-electron chi connectivity index (χ0n) is 18.4. The number of nitrogens with two attached hydrogens (primary N) is 2. The Bertz CT molecular complexity index is 633. The molecule has 1 heterocycles. The quantitative estimate of drug-likeness (QED) is 0.159. The van der Waals surface area contributed by atoms with Gasteiger partial charge in [-0.3, -0.25) is 14.4 Å². The molecule has 1 aliphatic heterocycles. The van der Waals surface area contributed by atoms with Crippen molar-refractivity contribution in [2.45, 2.75) is 76.5 Å². The van der Waals surface area contributed by atoms with Gasteiger partial charge in [-0.25, -0.2) is 4.79 Å². The van der Waals surface area contributed by atoms with Crippen molar-refractivity contribution < 1.29 is 24.3 Å². The molecule has 4 atom stereocenters. The lowest BCUT2D eigenvalue weighted by Crippen LogP contribution is -2.57. The zero-order chi connectivity index (χ0) is 23.6. The monoisotopic (exact) mass is 459 g/mol. The van der Waals surface area contributed by atoms with Gasteiger partial charge >= 0.3 is 5.97 Å². The minimum absolute atomic E-state index is 0.121. The Balaban J connectivity index is 2.89. The fraction of sp³-hybridized carbons (Fsp3) is 0.800. The van der Waals surface area contributed by atoms with E-state index in [1.54, 1.807) is 0 Å². The number of nitrogens with one attached hydrogen (secondary N) is 2. The molecule has 4 unspecified atom stereocenters. The summed E-state index contributed by atoms with van der Waals surface area (Å²) in [5.74, 6) is -2.18. The van der Waals surface area contributed by atoms with Crippen LogP contribution in [0.4, 0.5) is 0 Å². The minimum Gasteiger partial charge on any atom is -0.480 e. The van der Waals surface area contributed by atoms with Gasteiger partial charge in [-0.1, -0.05) is 13.8 Å². The molecule has 0 spiro atoms. The van der Waals surface area contributed by atoms with E-state index in [1.807, 2.05) is 13.8 Å². The molecular formula is C20H37N5O5S. The van der Waals surface area contributed by atoms with E-state index in [0.29, 0.717) is 45.2 Å². The van der Waals surface area contributed by atoms with Crippen molar-refractivity contribution in [3.8, 4) is 0 Å². The number of carboxylic acid groups (broad SMARTS) is 1. The Morgan fingerprint density at radius 1 is 1.16 bits per heavy atom. The van der Waals surface area contributed by atoms with Gasteiger partial charge in [-0.15, -0.1) is 0 Å². The van der Waals surface area contributed by atoms with Crippen molar-refractivity contribution in [3.63, 3.8) is 0 Å². The van der Waals surface area contributed by atoms with E-state index in [0.717, 1.165) is 0 Å². The van der Waals surface area contributed by atoms with Crippen molar-refractivity contribution in [1.29, 1.82) is 0 Å². The molecule has 0 aromatic heterocycles. The van der Waals surface area contributed by atoms with Crippen LogP contribution in [-0.2, 0) is 19.2 Å². The van der Waals surface area contributed by atoms with E-state index in [1.165, 1.54) is 4.90 Å². The molecule has 1 saturated heterocycles. The molecule has 0 aliphatic carbocycles. The van der Waals surface area contributed by atoms with Gasteiger partial charge in [0.1, 0.15) is 18.1 Å². The molecule has 0 bridgehead atoms. The normalized spacial score (nSPS) is 19.0. The van der Waals surface area contributed by atoms with Crippen molar-refractivity contribution in [2.24, 2.45) is 17.4 Å². The third-order valence-corrected chi connectivity index (χ3v) is 5.65. The summed E-state index contributed by atoms with van der Waals surface area (Å²) >= 11 is 4.02. The van der Waals surface area contributed by atoms with Crippen LogP contribution in [0.1, 0.15) is 52.4 Å². The topological polar surface area (TPSA) is 168 Å². The molecule has 1 fully saturated rings. The fourth-order valence-electron chi connectivity index (χ4n) is 3.58. The molecular weight excluding hydrogens is 422 g/mol. The number of carbonyl (C=O) groups excluding carboxylic acids is 3. The Morgan fingerprint density at radius 3 is 2.39 bits per heavy atom. The first-order valence-corrected chi connectivity index (χ1v) is 11.5. The molecule has 3 amide bonds. The zero-order valence-corrected chi connectivity index (χ0v) is 19.3. The highest BCUT2D eigenvalue weighted by Crippen LogP contribution is 2.21. The first kappa shape index (κ1) is 27.2. The van der Waals surface area contributed by atoms with Gasteiger partial charge in [-0.05, 0) is 51.0 Å². The summed E-state index contributed by atoms with van der Waals surface area (Å²) in [4.78, 5) is 51.2. The SMILES string of the molecule is CC(C)CC(NC(=O)C(N)CS)C(=O)N1CCCC1C(=O)NC(CCCCN)C(=O)O. The lowest BCUT2D eigenvalue weighted by atomic mass is 10.0. The molecule has 0 saturated carbocycles. The van der Waals surface area contributed by atoms with Crippen LogP contribution in [-0.4, -0.2) is 76.7 Å². The van der Waals surface area contributed by atoms with E-state index in [9.17, 15) is 24.3 Å². The summed E-state index contributed by atoms with van der Waals surface area (Å²) in [5.41, 5.74) is 11.2. The number of thiol groups is 1. The van der Waals surface area contributed by atoms with Gasteiger partial charge in [0.2, 0.25) is 17.7 Å². The molecule has 0 aromatic rings. The Labute approximate surface area is 189 Å². The maximum atomic E-state index is 13.2. The third-order valence-electron chi connectivity index (χ3n) is 5.26. The number of amides is 3. The van der Waals surface area contributed by atoms with Crippen molar-refractivity contribution in [2.75, 3.05) is 18.8 Å². The molecule has 10 nitrogen and oxygen atoms in total. The van der Waals surface area contributed by atoms with E-state index in [-0.39, 0.29) is 24.0 Å². The number of hydrogen-bond donors (Lipinski definition) is 6. The maximum absolute atomic E-state index is 13.2. The number of likely N-dealkylation sites (tertiary alicyclic amines) is 1. The van der Waals surface area contributed by atoms with Gasteiger partial charge in [-0.2, -0.15) is 12.6 Å². The lowest BCUT2D eigenvalue weighted by molar-refractivity contribution is -0.145. The smallest absolute Gasteiger partial charge is 0.326 e. The van der Waals surface area contributed by atoms with Crippen LogP contribution >= 0.6 is 12.6 Å². The van der Waals surface area contributed by atoms with Crippen LogP contribution in [0.3, 0.4) is 0 Å². The number of carbonyl (C=O) groups is 4. The average molecular weight is 460 g/mol. The van der Waals surface area contributed by atoms with Gasteiger partial charge in [0.05, 0.1) is 6.04 Å². The number of carboxylic acids is 1. The summed E-state index contributed by atoms with van der Waals surface area (Å²) in [6.45, 7) is 4.67. The molecule has 1 rings (SSSR count). The molecule has 178 valence electrons. The minimum atomic E-state index is -1.12. The van der Waals surface area contributed by atoms with Gasteiger partial charge < -0.3 is 32.1 Å². The number of rotatable bonds is 13. The first-order valence-electron chi connectivity index (χ1n) is 10.8. The van der Waals surface area contributed by atoms with Gasteiger partial charge in [0.15, 0.2) is 0 Å². The van der Waals surface area contributed by atoms with Crippen LogP contribution < -0.4 is 22.1 Å². The van der Waals surface area contributed by atoms with E-state index >= 15 is 0 Å². The van der Waals surface area contributed by atoms with Crippen LogP contribution in [0, 0.1) is 5.92 Å². The summed E-state index contributed by atoms with van der Waals surface area (Å²) < 4.78 is 0. The fourth-order valence-corrected chi connectivity index (χ4v) is 3.74. The summed E-state index contributed by atoms with van der Waals surface area (Å²) in [6.07, 6.45) is 2.96. The van der Waals surface area contributed by atoms with Crippen LogP contribution in [0.2, 0.25) is 0 Å². The van der Waals surface area contributed by atoms with Crippen molar-refractivity contribution in [1.82, 2.24) is 15.5 Å². The first-order chi connectivity index (χ1) is 14.6. The summed E-state index contributed by atoms with van der Waals surface area (Å²) in [7, 11) is 0. The van der Waals surface area contributed by atoms with Gasteiger partial charge in [0.25, 0.3) is 0 Å². The molecule has 7 N–H and O–H groups in total. The van der Waals surface area contributed by atoms with E-state index in [4.69, 9.17) is 11.5 Å². The second kappa shape index (κ2) is 13.5. The Morgan fingerprint density at radius 2 is 1.84 bits per heavy atom. The molecule has 31 heavy (non-hydrogen) atoms. The van der Waals surface area contributed by atoms with E-state index < -0.39 is 42.0 Å². The maximum Gasteiger partial charge on any atom is 0.326 e. The molecule has 1 aliphatic rings. The molecule has 0 aromatic carbocycles. The van der Waals surface area contributed by atoms with Crippen LogP contribution in [0.5, 0.6) is 0 Å². The average Bonchev–Trinajstić information content (AvgIpc) is 3.20. The predicted molar refractivity (Wildman–Crippen MR) is 120 cm³/mol. The van der Waals surface area contributed by atoms with Crippen molar-refractivity contribution in [3.05, 3.63) is 0 Å². The number of unbranched alkanes of at least 4 members (excludes halogenated alkanes) is 1. The Hall–Kier alpha value is -1.85. The van der Waals surface area contributed by atoms with Crippen LogP contribution in [0.25, 0.3) is 0 Å². The Kier molecular flexibility index (Phi) is 11.9. The number of nitrogens with zero attached hydrogens (tertiary/aromatic N) is 1. The summed E-state index contributed by atoms with van der Waals surface area (Å²) in [6, 6.07) is -3.45. The van der Waals surface area contributed by atoms with Crippen molar-refractivity contribution >= 4 is 36.3 Å². The lowest BCUT2D eigenvalue weighted by Gasteiger charge is -2.30. The highest BCUT2D eigenvalue weighted by molar-refractivity contribution is 7.80. The molecule has 11 heteroatoms. The van der Waals surface area contributed by atoms with Crippen LogP contribution in [0.15, 0.2) is 0 Å². The predicted octanol–water partition coefficient (Wildman–Crippen LogP) is -0.536. The highest BCUT2D eigenvalue weighted by atomic mass is 32.1. The largest absolute Gasteiger partial charge is 0.480 e. The number of hydrogen-bond acceptors (Lipinski definition) is 7. The number of aliphatic carboxylic acids is 1. The highest BCUT2D eigenvalue weighted by Gasteiger charge is 2.39. The van der Waals surface area contributed by atoms with E-state index in [2.05, 4.69) is 23.3 Å².